The Morgan fingerprint density at radius 1 is 0.831 bits per heavy atom. The lowest BCUT2D eigenvalue weighted by molar-refractivity contribution is -0.136. The van der Waals surface area contributed by atoms with E-state index in [1.807, 2.05) is 6.92 Å². The minimum Gasteiger partial charge on any atom is -0.379 e. The highest BCUT2D eigenvalue weighted by Gasteiger charge is 2.54. The fourth-order valence-corrected chi connectivity index (χ4v) is 8.93. The van der Waals surface area contributed by atoms with Crippen LogP contribution < -0.4 is 37.5 Å². The Morgan fingerprint density at radius 3 is 2.31 bits per heavy atom. The number of piperidine rings is 1. The molecule has 1 aromatic carbocycles. The molecule has 2 aliphatic carbocycles. The molecule has 8 rings (SSSR count). The van der Waals surface area contributed by atoms with Crippen molar-refractivity contribution in [1.29, 1.82) is 0 Å². The number of rotatable bonds is 20. The van der Waals surface area contributed by atoms with Gasteiger partial charge in [0.05, 0.1) is 43.2 Å². The predicted molar refractivity (Wildman–Crippen MR) is 231 cm³/mol. The minimum absolute atomic E-state index is 0.00476. The van der Waals surface area contributed by atoms with E-state index >= 15 is 0 Å². The largest absolute Gasteiger partial charge is 0.379 e. The lowest BCUT2D eigenvalue weighted by Gasteiger charge is -2.39. The third-order valence-corrected chi connectivity index (χ3v) is 12.6. The molecule has 3 aromatic rings. The van der Waals surface area contributed by atoms with Gasteiger partial charge in [0.2, 0.25) is 23.6 Å². The summed E-state index contributed by atoms with van der Waals surface area (Å²) in [6.07, 6.45) is 8.06. The minimum atomic E-state index is -1.12. The van der Waals surface area contributed by atoms with Crippen molar-refractivity contribution in [3.05, 3.63) is 69.4 Å². The van der Waals surface area contributed by atoms with Crippen LogP contribution in [0.3, 0.4) is 0 Å². The van der Waals surface area contributed by atoms with Gasteiger partial charge in [-0.15, -0.1) is 0 Å². The van der Waals surface area contributed by atoms with Crippen LogP contribution in [0.2, 0.25) is 0 Å². The number of nitrogens with zero attached hydrogens (tertiary/aromatic N) is 4. The van der Waals surface area contributed by atoms with E-state index in [0.29, 0.717) is 66.7 Å². The highest BCUT2D eigenvalue weighted by Crippen LogP contribution is 2.59. The molecule has 21 heteroatoms. The van der Waals surface area contributed by atoms with Crippen LogP contribution in [0, 0.1) is 12.3 Å². The number of fused-ring (bicyclic) bond motifs is 3. The summed E-state index contributed by atoms with van der Waals surface area (Å²) in [7, 11) is 0. The van der Waals surface area contributed by atoms with E-state index in [0.717, 1.165) is 30.6 Å². The zero-order valence-electron chi connectivity index (χ0n) is 36.0. The summed E-state index contributed by atoms with van der Waals surface area (Å²) in [5.41, 5.74) is 0.976. The number of pyridine rings is 1. The summed E-state index contributed by atoms with van der Waals surface area (Å²) in [4.78, 5) is 111. The van der Waals surface area contributed by atoms with Crippen molar-refractivity contribution in [2.24, 2.45) is 5.41 Å². The first kappa shape index (κ1) is 45.0. The van der Waals surface area contributed by atoms with Crippen LogP contribution in [0.1, 0.15) is 101 Å². The normalized spacial score (nSPS) is 18.9. The topological polar surface area (TPSA) is 270 Å². The number of amides is 7. The SMILES string of the molecule is Cc1cc(Nc2cc(NCCC(=O)NCCCOCCOCCOCC(=O)Nc3cccc4c3C(=O)N(C3CCC(=O)NC3=O)C4=O)ncn2)c(=O)n2c1C(=O)NC21CCC2(CC2)CC1. The Bertz CT molecular complexity index is 2460. The average Bonchev–Trinajstić information content (AvgIpc) is 3.91. The number of hydrogen-bond donors (Lipinski definition) is 6. The Hall–Kier alpha value is -6.58. The third kappa shape index (κ3) is 9.91. The molecular formula is C44H52N10O11. The van der Waals surface area contributed by atoms with Crippen molar-refractivity contribution >= 4 is 64.4 Å². The zero-order valence-corrected chi connectivity index (χ0v) is 36.0. The first-order chi connectivity index (χ1) is 31.4. The fourth-order valence-electron chi connectivity index (χ4n) is 8.93. The van der Waals surface area contributed by atoms with Gasteiger partial charge in [0.1, 0.15) is 47.7 Å². The molecule has 2 saturated carbocycles. The van der Waals surface area contributed by atoms with Crippen molar-refractivity contribution in [2.75, 3.05) is 68.7 Å². The van der Waals surface area contributed by atoms with Crippen LogP contribution in [0.5, 0.6) is 0 Å². The first-order valence-corrected chi connectivity index (χ1v) is 21.9. The van der Waals surface area contributed by atoms with Crippen molar-refractivity contribution in [3.8, 4) is 0 Å². The maximum absolute atomic E-state index is 13.9. The van der Waals surface area contributed by atoms with Gasteiger partial charge in [-0.05, 0) is 87.5 Å². The number of carbonyl (C=O) groups excluding carboxylic acids is 7. The van der Waals surface area contributed by atoms with Gasteiger partial charge in [-0.3, -0.25) is 53.1 Å². The van der Waals surface area contributed by atoms with E-state index in [1.54, 1.807) is 16.7 Å². The molecule has 2 aromatic heterocycles. The summed E-state index contributed by atoms with van der Waals surface area (Å²) in [5.74, 6) is -2.65. The standard InChI is InChI=1S/C44H52N10O11/c1-26-22-29(41(61)54-37(26)39(59)52-44(54)13-11-43(9-10-43)12-14-44)49-32-23-31(47-25-48-32)45-16-8-33(55)46-15-3-17-63-18-19-64-20-21-65-24-35(57)50-28-5-2-4-27-36(28)42(62)53(40(27)60)30-6-7-34(56)51-38(30)58/h2,4-5,22-23,25,30H,3,6-21,24H2,1H3,(H,46,55)(H,50,57)(H,52,59)(H,51,56,58)(H2,45,47,48,49). The van der Waals surface area contributed by atoms with Gasteiger partial charge >= 0.3 is 0 Å². The van der Waals surface area contributed by atoms with Crippen molar-refractivity contribution < 1.29 is 47.8 Å². The predicted octanol–water partition coefficient (Wildman–Crippen LogP) is 1.84. The first-order valence-electron chi connectivity index (χ1n) is 21.9. The van der Waals surface area contributed by atoms with Crippen LogP contribution >= 0.6 is 0 Å². The number of aryl methyl sites for hydroxylation is 1. The number of benzene rings is 1. The number of anilines is 4. The van der Waals surface area contributed by atoms with Crippen molar-refractivity contribution in [3.63, 3.8) is 0 Å². The van der Waals surface area contributed by atoms with Crippen LogP contribution in [0.4, 0.5) is 23.0 Å². The zero-order chi connectivity index (χ0) is 45.7. The lowest BCUT2D eigenvalue weighted by Crippen LogP contribution is -2.54. The Labute approximate surface area is 373 Å². The number of ether oxygens (including phenoxy) is 3. The van der Waals surface area contributed by atoms with Gasteiger partial charge in [-0.25, -0.2) is 9.97 Å². The van der Waals surface area contributed by atoms with Gasteiger partial charge in [0.25, 0.3) is 23.3 Å². The second-order valence-corrected chi connectivity index (χ2v) is 17.0. The third-order valence-electron chi connectivity index (χ3n) is 12.6. The molecule has 5 aliphatic rings. The van der Waals surface area contributed by atoms with Crippen molar-refractivity contribution in [1.82, 2.24) is 35.4 Å². The fraction of sp³-hybridized carbons (Fsp3) is 0.500. The molecule has 7 amide bonds. The van der Waals surface area contributed by atoms with Crippen molar-refractivity contribution in [2.45, 2.75) is 82.8 Å². The molecule has 0 radical (unpaired) electrons. The molecule has 6 N–H and O–H groups in total. The van der Waals surface area contributed by atoms with Crippen LogP contribution in [-0.2, 0) is 39.1 Å². The second kappa shape index (κ2) is 19.3. The van der Waals surface area contributed by atoms with Gasteiger partial charge < -0.3 is 40.8 Å². The molecule has 3 fully saturated rings. The van der Waals surface area contributed by atoms with E-state index in [-0.39, 0.29) is 79.9 Å². The molecule has 65 heavy (non-hydrogen) atoms. The quantitative estimate of drug-likeness (QED) is 0.0698. The smallest absolute Gasteiger partial charge is 0.276 e. The molecule has 21 nitrogen and oxygen atoms in total. The maximum Gasteiger partial charge on any atom is 0.276 e. The summed E-state index contributed by atoms with van der Waals surface area (Å²) >= 11 is 0. The Balaban J connectivity index is 0.664. The monoisotopic (exact) mass is 896 g/mol. The maximum atomic E-state index is 13.9. The summed E-state index contributed by atoms with van der Waals surface area (Å²) in [5, 5.41) is 17.0. The lowest BCUT2D eigenvalue weighted by atomic mass is 9.79. The number of nitrogens with one attached hydrogen (secondary N) is 6. The van der Waals surface area contributed by atoms with Crippen LogP contribution in [0.25, 0.3) is 0 Å². The Morgan fingerprint density at radius 2 is 1.55 bits per heavy atom. The molecule has 1 saturated heterocycles. The van der Waals surface area contributed by atoms with E-state index in [2.05, 4.69) is 41.9 Å². The average molecular weight is 897 g/mol. The van der Waals surface area contributed by atoms with E-state index in [9.17, 15) is 38.4 Å². The number of aromatic nitrogens is 3. The molecule has 3 aliphatic heterocycles. The van der Waals surface area contributed by atoms with Gasteiger partial charge in [-0.2, -0.15) is 0 Å². The molecule has 1 atom stereocenters. The molecule has 2 spiro atoms. The van der Waals surface area contributed by atoms with E-state index in [4.69, 9.17) is 14.2 Å². The molecule has 1 unspecified atom stereocenters. The Kier molecular flexibility index (Phi) is 13.3. The van der Waals surface area contributed by atoms with Gasteiger partial charge in [0, 0.05) is 38.6 Å². The van der Waals surface area contributed by atoms with Crippen LogP contribution in [0.15, 0.2) is 41.5 Å². The highest BCUT2D eigenvalue weighted by molar-refractivity contribution is 6.26. The molecule has 0 bridgehead atoms. The van der Waals surface area contributed by atoms with E-state index in [1.165, 1.54) is 37.4 Å². The van der Waals surface area contributed by atoms with E-state index < -0.39 is 41.2 Å². The van der Waals surface area contributed by atoms with Crippen LogP contribution in [-0.4, -0.2) is 120 Å². The second-order valence-electron chi connectivity index (χ2n) is 17.0. The summed E-state index contributed by atoms with van der Waals surface area (Å²) in [6, 6.07) is 6.64. The number of carbonyl (C=O) groups is 7. The number of hydrogen-bond acceptors (Lipinski definition) is 15. The van der Waals surface area contributed by atoms with Gasteiger partial charge in [0.15, 0.2) is 0 Å². The van der Waals surface area contributed by atoms with Gasteiger partial charge in [-0.1, -0.05) is 6.07 Å². The highest BCUT2D eigenvalue weighted by atomic mass is 16.5. The summed E-state index contributed by atoms with van der Waals surface area (Å²) < 4.78 is 18.1. The summed E-state index contributed by atoms with van der Waals surface area (Å²) in [6.45, 7) is 3.53. The molecule has 344 valence electrons. The molecular weight excluding hydrogens is 845 g/mol. The number of imide groups is 2. The molecule has 5 heterocycles.